The summed E-state index contributed by atoms with van der Waals surface area (Å²) in [4.78, 5) is 7.61. The molecule has 0 aliphatic rings. The van der Waals surface area contributed by atoms with Crippen LogP contribution >= 0.6 is 0 Å². The van der Waals surface area contributed by atoms with Crippen molar-refractivity contribution >= 4 is 5.57 Å². The average molecular weight is 204 g/mol. The Kier molecular flexibility index (Phi) is 3.69. The van der Waals surface area contributed by atoms with Crippen molar-refractivity contribution in [1.29, 1.82) is 0 Å². The number of rotatable bonds is 3. The Morgan fingerprint density at radius 3 is 2.80 bits per heavy atom. The normalized spacial score (nSPS) is 10.7. The lowest BCUT2D eigenvalue weighted by molar-refractivity contribution is 0.398. The van der Waals surface area contributed by atoms with E-state index in [4.69, 9.17) is 11.3 Å². The number of ether oxygens (including phenoxy) is 1. The average Bonchev–Trinajstić information content (AvgIpc) is 2.29. The molecule has 1 rings (SSSR count). The largest absolute Gasteiger partial charge is 0.481 e. The van der Waals surface area contributed by atoms with Crippen LogP contribution in [0.3, 0.4) is 0 Å². The van der Waals surface area contributed by atoms with Crippen molar-refractivity contribution in [3.8, 4) is 12.5 Å². The van der Waals surface area contributed by atoms with Gasteiger partial charge in [-0.2, -0.15) is 0 Å². The zero-order valence-corrected chi connectivity index (χ0v) is 9.14. The molecule has 0 aromatic carbocycles. The Balaban J connectivity index is 2.88. The van der Waals surface area contributed by atoms with Gasteiger partial charge in [-0.1, -0.05) is 0 Å². The number of allylic oxidation sites excluding steroid dienone is 1. The van der Waals surface area contributed by atoms with E-state index in [0.29, 0.717) is 5.88 Å². The Morgan fingerprint density at radius 2 is 2.33 bits per heavy atom. The van der Waals surface area contributed by atoms with Crippen LogP contribution in [0.5, 0.6) is 5.88 Å². The van der Waals surface area contributed by atoms with Crippen LogP contribution in [0, 0.1) is 6.57 Å². The van der Waals surface area contributed by atoms with Crippen molar-refractivity contribution in [2.45, 2.75) is 6.92 Å². The van der Waals surface area contributed by atoms with E-state index in [2.05, 4.69) is 9.94 Å². The van der Waals surface area contributed by atoms with Gasteiger partial charge in [-0.05, 0) is 29.1 Å². The van der Waals surface area contributed by atoms with E-state index in [-0.39, 0.29) is 0 Å². The number of nitrogens with zero attached hydrogens (tertiary/aromatic N) is 3. The predicted molar refractivity (Wildman–Crippen MR) is 60.5 cm³/mol. The van der Waals surface area contributed by atoms with Crippen molar-refractivity contribution in [2.75, 3.05) is 14.2 Å². The second-order valence-corrected chi connectivity index (χ2v) is 3.09. The van der Waals surface area contributed by atoms with Crippen LogP contribution in [0.15, 0.2) is 24.5 Å². The van der Waals surface area contributed by atoms with Crippen LogP contribution in [0.25, 0.3) is 10.5 Å². The molecule has 0 spiro atoms. The molecular weight excluding hydrogens is 190 g/mol. The molecule has 0 fully saturated rings. The van der Waals surface area contributed by atoms with Gasteiger partial charge < -0.3 is 4.74 Å². The molecule has 4 heteroatoms. The lowest BCUT2D eigenvalue weighted by atomic mass is 10.1. The van der Waals surface area contributed by atoms with E-state index in [1.807, 2.05) is 25.3 Å². The summed E-state index contributed by atoms with van der Waals surface area (Å²) in [5.74, 6) is 0.600. The molecule has 0 saturated carbocycles. The maximum Gasteiger partial charge on any atom is 0.305 e. The summed E-state index contributed by atoms with van der Waals surface area (Å²) in [6.07, 6.45) is 3.57. The molecule has 0 radical (unpaired) electrons. The number of pyridine rings is 1. The zero-order chi connectivity index (χ0) is 11.3. The Hall–Kier alpha value is -2.02. The molecule has 0 aliphatic heterocycles. The number of aromatic nitrogens is 1. The molecule has 78 valence electrons. The molecule has 0 bridgehead atoms. The summed E-state index contributed by atoms with van der Waals surface area (Å²) in [6, 6.07) is 3.74. The number of hydrogen-bond acceptors (Lipinski definition) is 3. The van der Waals surface area contributed by atoms with Crippen LogP contribution in [0.4, 0.5) is 0 Å². The van der Waals surface area contributed by atoms with Crippen LogP contribution in [-0.4, -0.2) is 24.2 Å². The first kappa shape index (κ1) is 11.1. The van der Waals surface area contributed by atoms with Crippen molar-refractivity contribution in [2.24, 2.45) is 0 Å². The van der Waals surface area contributed by atoms with E-state index in [1.54, 1.807) is 25.4 Å². The fourth-order valence-corrected chi connectivity index (χ4v) is 1.12. The standard InChI is InChI=1S/C11H14N3O/c1-9(8-14(3)12-2)10-5-6-11(15-4)13-7-10/h2,5-8H,1,3-4H3/q+1/b9-8+. The van der Waals surface area contributed by atoms with Crippen LogP contribution in [0.2, 0.25) is 0 Å². The molecule has 4 nitrogen and oxygen atoms in total. The number of hydrogen-bond donors (Lipinski definition) is 0. The van der Waals surface area contributed by atoms with Gasteiger partial charge in [0.15, 0.2) is 0 Å². The molecule has 1 heterocycles. The highest BCUT2D eigenvalue weighted by Crippen LogP contribution is 2.15. The molecule has 0 N–H and O–H groups in total. The number of methoxy groups -OCH3 is 1. The summed E-state index contributed by atoms with van der Waals surface area (Å²) < 4.78 is 4.97. The third kappa shape index (κ3) is 2.99. The summed E-state index contributed by atoms with van der Waals surface area (Å²) in [7, 11) is 3.35. The van der Waals surface area contributed by atoms with Crippen molar-refractivity contribution < 1.29 is 4.74 Å². The molecule has 0 aliphatic carbocycles. The van der Waals surface area contributed by atoms with E-state index in [9.17, 15) is 0 Å². The molecule has 0 unspecified atom stereocenters. The highest BCUT2D eigenvalue weighted by Gasteiger charge is 2.01. The molecule has 0 amide bonds. The fraction of sp³-hybridized carbons (Fsp3) is 0.273. The SMILES string of the molecule is C#[N+]N(C)/C=C(\C)c1ccc(OC)nc1. The van der Waals surface area contributed by atoms with Gasteiger partial charge in [0.25, 0.3) is 0 Å². The van der Waals surface area contributed by atoms with Crippen LogP contribution in [0.1, 0.15) is 12.5 Å². The minimum absolute atomic E-state index is 0.600. The monoisotopic (exact) mass is 204 g/mol. The Morgan fingerprint density at radius 1 is 1.60 bits per heavy atom. The third-order valence-corrected chi connectivity index (χ3v) is 1.96. The minimum Gasteiger partial charge on any atom is -0.481 e. The Labute approximate surface area is 89.6 Å². The van der Waals surface area contributed by atoms with Crippen molar-refractivity contribution in [1.82, 2.24) is 9.99 Å². The van der Waals surface area contributed by atoms with Gasteiger partial charge in [0.05, 0.1) is 25.3 Å². The van der Waals surface area contributed by atoms with Gasteiger partial charge in [-0.25, -0.2) is 4.98 Å². The van der Waals surface area contributed by atoms with Gasteiger partial charge >= 0.3 is 6.57 Å². The molecule has 1 aromatic heterocycles. The first-order valence-corrected chi connectivity index (χ1v) is 4.50. The summed E-state index contributed by atoms with van der Waals surface area (Å²) in [6.45, 7) is 7.08. The molecule has 0 saturated heterocycles. The fourth-order valence-electron chi connectivity index (χ4n) is 1.12. The van der Waals surface area contributed by atoms with Gasteiger partial charge in [-0.15, -0.1) is 0 Å². The summed E-state index contributed by atoms with van der Waals surface area (Å²) >= 11 is 0. The maximum absolute atomic E-state index is 5.11. The molecule has 1 aromatic rings. The molecular formula is C11H14N3O+. The van der Waals surface area contributed by atoms with Crippen LogP contribution < -0.4 is 4.74 Å². The highest BCUT2D eigenvalue weighted by molar-refractivity contribution is 5.62. The zero-order valence-electron chi connectivity index (χ0n) is 9.14. The van der Waals surface area contributed by atoms with Crippen LogP contribution in [-0.2, 0) is 0 Å². The molecule has 0 atom stereocenters. The summed E-state index contributed by atoms with van der Waals surface area (Å²) in [5, 5.41) is 1.54. The predicted octanol–water partition coefficient (Wildman–Crippen LogP) is 2.26. The second kappa shape index (κ2) is 5.01. The Bertz CT molecular complexity index is 389. The molecule has 15 heavy (non-hydrogen) atoms. The van der Waals surface area contributed by atoms with Gasteiger partial charge in [0.2, 0.25) is 5.88 Å². The lowest BCUT2D eigenvalue weighted by Gasteiger charge is -2.02. The summed E-state index contributed by atoms with van der Waals surface area (Å²) in [5.41, 5.74) is 2.04. The van der Waals surface area contributed by atoms with E-state index >= 15 is 0 Å². The quantitative estimate of drug-likeness (QED) is 0.707. The van der Waals surface area contributed by atoms with Crippen molar-refractivity contribution in [3.05, 3.63) is 35.0 Å². The smallest absolute Gasteiger partial charge is 0.305 e. The maximum atomic E-state index is 5.11. The van der Waals surface area contributed by atoms with E-state index in [0.717, 1.165) is 11.1 Å². The first-order chi connectivity index (χ1) is 7.17. The van der Waals surface area contributed by atoms with Gasteiger partial charge in [0, 0.05) is 12.3 Å². The first-order valence-electron chi connectivity index (χ1n) is 4.50. The highest BCUT2D eigenvalue weighted by atomic mass is 16.5. The van der Waals surface area contributed by atoms with Gasteiger partial charge in [-0.3, -0.25) is 0 Å². The second-order valence-electron chi connectivity index (χ2n) is 3.09. The third-order valence-electron chi connectivity index (χ3n) is 1.96. The van der Waals surface area contributed by atoms with E-state index < -0.39 is 0 Å². The topological polar surface area (TPSA) is 29.7 Å². The lowest BCUT2D eigenvalue weighted by Crippen LogP contribution is -1.98. The van der Waals surface area contributed by atoms with E-state index in [1.165, 1.54) is 0 Å². The van der Waals surface area contributed by atoms with Crippen molar-refractivity contribution in [3.63, 3.8) is 0 Å². The minimum atomic E-state index is 0.600. The van der Waals surface area contributed by atoms with Gasteiger partial charge in [0.1, 0.15) is 0 Å².